The molecule has 1 aliphatic rings. The fourth-order valence-electron chi connectivity index (χ4n) is 1.94. The van der Waals surface area contributed by atoms with Crippen molar-refractivity contribution in [3.63, 3.8) is 0 Å². The number of benzene rings is 1. The standard InChI is InChI=1S/C15H12BrN3O5/c16-11-4-9(5-12-13(11)24-8-23-12)6-18-19-15(21)14(20)17-7-10-2-1-3-22-10/h1-6H,7-8H2,(H,17,20)(H,19,21)/b18-6-. The number of hydrogen-bond donors (Lipinski definition) is 2. The maximum Gasteiger partial charge on any atom is 0.329 e. The minimum atomic E-state index is -0.877. The fraction of sp³-hybridized carbons (Fsp3) is 0.133. The molecule has 9 heteroatoms. The summed E-state index contributed by atoms with van der Waals surface area (Å²) in [5.41, 5.74) is 2.82. The molecule has 2 N–H and O–H groups in total. The predicted octanol–water partition coefficient (Wildman–Crippen LogP) is 1.54. The molecule has 2 aromatic rings. The summed E-state index contributed by atoms with van der Waals surface area (Å²) in [5, 5.41) is 6.16. The molecule has 1 aromatic heterocycles. The lowest BCUT2D eigenvalue weighted by Crippen LogP contribution is -2.37. The van der Waals surface area contributed by atoms with E-state index in [-0.39, 0.29) is 13.3 Å². The molecule has 0 saturated carbocycles. The summed E-state index contributed by atoms with van der Waals surface area (Å²) in [6, 6.07) is 6.84. The first-order valence-electron chi connectivity index (χ1n) is 6.86. The summed E-state index contributed by atoms with van der Waals surface area (Å²) in [6.45, 7) is 0.277. The SMILES string of the molecule is O=C(NCc1ccco1)C(=O)N/N=C\c1cc(Br)c2c(c1)OCO2. The van der Waals surface area contributed by atoms with Crippen LogP contribution in [0.3, 0.4) is 0 Å². The molecule has 0 atom stereocenters. The quantitative estimate of drug-likeness (QED) is 0.465. The van der Waals surface area contributed by atoms with E-state index in [0.717, 1.165) is 0 Å². The molecule has 0 saturated heterocycles. The van der Waals surface area contributed by atoms with Crippen LogP contribution in [0, 0.1) is 0 Å². The molecular weight excluding hydrogens is 382 g/mol. The van der Waals surface area contributed by atoms with Gasteiger partial charge in [-0.3, -0.25) is 9.59 Å². The van der Waals surface area contributed by atoms with Crippen molar-refractivity contribution in [1.29, 1.82) is 0 Å². The minimum absolute atomic E-state index is 0.123. The normalized spacial score (nSPS) is 12.4. The minimum Gasteiger partial charge on any atom is -0.467 e. The maximum absolute atomic E-state index is 11.6. The number of nitrogens with one attached hydrogen (secondary N) is 2. The van der Waals surface area contributed by atoms with E-state index >= 15 is 0 Å². The van der Waals surface area contributed by atoms with Crippen molar-refractivity contribution in [3.05, 3.63) is 46.3 Å². The Bertz CT molecular complexity index is 789. The lowest BCUT2D eigenvalue weighted by molar-refractivity contribution is -0.139. The highest BCUT2D eigenvalue weighted by Gasteiger charge is 2.17. The first-order chi connectivity index (χ1) is 11.6. The third-order valence-corrected chi connectivity index (χ3v) is 3.63. The first-order valence-corrected chi connectivity index (χ1v) is 7.65. The Morgan fingerprint density at radius 1 is 1.29 bits per heavy atom. The second-order valence-electron chi connectivity index (χ2n) is 4.70. The molecule has 24 heavy (non-hydrogen) atoms. The molecule has 1 aliphatic heterocycles. The molecule has 0 spiro atoms. The molecule has 8 nitrogen and oxygen atoms in total. The van der Waals surface area contributed by atoms with Crippen LogP contribution < -0.4 is 20.2 Å². The van der Waals surface area contributed by atoms with E-state index in [2.05, 4.69) is 31.8 Å². The second-order valence-corrected chi connectivity index (χ2v) is 5.55. The summed E-state index contributed by atoms with van der Waals surface area (Å²) in [4.78, 5) is 23.2. The van der Waals surface area contributed by atoms with Gasteiger partial charge in [-0.1, -0.05) is 0 Å². The summed E-state index contributed by atoms with van der Waals surface area (Å²) in [5.74, 6) is 0.0553. The predicted molar refractivity (Wildman–Crippen MR) is 86.6 cm³/mol. The molecule has 1 aromatic carbocycles. The molecule has 124 valence electrons. The number of halogens is 1. The Hall–Kier alpha value is -2.81. The van der Waals surface area contributed by atoms with Gasteiger partial charge in [-0.25, -0.2) is 5.43 Å². The zero-order valence-electron chi connectivity index (χ0n) is 12.2. The number of nitrogens with zero attached hydrogens (tertiary/aromatic N) is 1. The van der Waals surface area contributed by atoms with Crippen LogP contribution in [-0.4, -0.2) is 24.8 Å². The third-order valence-electron chi connectivity index (χ3n) is 3.04. The number of hydrogen-bond acceptors (Lipinski definition) is 6. The van der Waals surface area contributed by atoms with Crippen LogP contribution in [0.5, 0.6) is 11.5 Å². The van der Waals surface area contributed by atoms with E-state index in [0.29, 0.717) is 27.3 Å². The Balaban J connectivity index is 1.53. The summed E-state index contributed by atoms with van der Waals surface area (Å²) in [7, 11) is 0. The van der Waals surface area contributed by atoms with Crippen LogP contribution in [0.4, 0.5) is 0 Å². The van der Waals surface area contributed by atoms with Crippen molar-refractivity contribution < 1.29 is 23.5 Å². The smallest absolute Gasteiger partial charge is 0.329 e. The lowest BCUT2D eigenvalue weighted by Gasteiger charge is -2.02. The Labute approximate surface area is 144 Å². The van der Waals surface area contributed by atoms with E-state index in [4.69, 9.17) is 13.9 Å². The topological polar surface area (TPSA) is 102 Å². The van der Waals surface area contributed by atoms with Gasteiger partial charge in [0.05, 0.1) is 23.5 Å². The Kier molecular flexibility index (Phi) is 4.80. The van der Waals surface area contributed by atoms with Crippen LogP contribution in [0.25, 0.3) is 0 Å². The molecule has 2 heterocycles. The fourth-order valence-corrected chi connectivity index (χ4v) is 2.51. The van der Waals surface area contributed by atoms with Crippen molar-refractivity contribution in [2.45, 2.75) is 6.54 Å². The molecule has 0 aliphatic carbocycles. The van der Waals surface area contributed by atoms with Gasteiger partial charge < -0.3 is 19.2 Å². The summed E-state index contributed by atoms with van der Waals surface area (Å²) >= 11 is 3.35. The number of hydrazone groups is 1. The van der Waals surface area contributed by atoms with Gasteiger partial charge in [0.25, 0.3) is 0 Å². The van der Waals surface area contributed by atoms with Gasteiger partial charge >= 0.3 is 11.8 Å². The highest BCUT2D eigenvalue weighted by molar-refractivity contribution is 9.10. The highest BCUT2D eigenvalue weighted by atomic mass is 79.9. The summed E-state index contributed by atoms with van der Waals surface area (Å²) in [6.07, 6.45) is 2.87. The average Bonchev–Trinajstić information content (AvgIpc) is 3.23. The zero-order chi connectivity index (χ0) is 16.9. The molecule has 2 amide bonds. The van der Waals surface area contributed by atoms with Gasteiger partial charge in [-0.05, 0) is 45.8 Å². The molecule has 0 radical (unpaired) electrons. The average molecular weight is 394 g/mol. The van der Waals surface area contributed by atoms with Crippen molar-refractivity contribution >= 4 is 34.0 Å². The van der Waals surface area contributed by atoms with E-state index < -0.39 is 11.8 Å². The number of fused-ring (bicyclic) bond motifs is 1. The van der Waals surface area contributed by atoms with Crippen molar-refractivity contribution in [2.24, 2.45) is 5.10 Å². The highest BCUT2D eigenvalue weighted by Crippen LogP contribution is 2.39. The van der Waals surface area contributed by atoms with Crippen LogP contribution in [0.2, 0.25) is 0 Å². The molecular formula is C15H12BrN3O5. The van der Waals surface area contributed by atoms with E-state index in [1.807, 2.05) is 0 Å². The number of carbonyl (C=O) groups is 2. The van der Waals surface area contributed by atoms with E-state index in [9.17, 15) is 9.59 Å². The monoisotopic (exact) mass is 393 g/mol. The molecule has 0 fully saturated rings. The number of furan rings is 1. The van der Waals surface area contributed by atoms with Crippen LogP contribution in [0.15, 0.2) is 44.5 Å². The Morgan fingerprint density at radius 2 is 2.17 bits per heavy atom. The summed E-state index contributed by atoms with van der Waals surface area (Å²) < 4.78 is 16.3. The lowest BCUT2D eigenvalue weighted by atomic mass is 10.2. The second kappa shape index (κ2) is 7.18. The number of ether oxygens (including phenoxy) is 2. The van der Waals surface area contributed by atoms with Crippen LogP contribution in [0.1, 0.15) is 11.3 Å². The van der Waals surface area contributed by atoms with Gasteiger partial charge in [-0.2, -0.15) is 5.10 Å². The van der Waals surface area contributed by atoms with Crippen LogP contribution in [-0.2, 0) is 16.1 Å². The third kappa shape index (κ3) is 3.74. The van der Waals surface area contributed by atoms with Crippen molar-refractivity contribution in [1.82, 2.24) is 10.7 Å². The van der Waals surface area contributed by atoms with Gasteiger partial charge in [0.15, 0.2) is 11.5 Å². The number of amides is 2. The van der Waals surface area contributed by atoms with Crippen LogP contribution >= 0.6 is 15.9 Å². The van der Waals surface area contributed by atoms with E-state index in [1.54, 1.807) is 24.3 Å². The number of rotatable bonds is 4. The first kappa shape index (κ1) is 16.1. The van der Waals surface area contributed by atoms with Crippen molar-refractivity contribution in [2.75, 3.05) is 6.79 Å². The molecule has 0 unspecified atom stereocenters. The zero-order valence-corrected chi connectivity index (χ0v) is 13.8. The number of carbonyl (C=O) groups excluding carboxylic acids is 2. The Morgan fingerprint density at radius 3 is 2.96 bits per heavy atom. The van der Waals surface area contributed by atoms with Gasteiger partial charge in [0.2, 0.25) is 6.79 Å². The van der Waals surface area contributed by atoms with E-state index in [1.165, 1.54) is 12.5 Å². The van der Waals surface area contributed by atoms with Gasteiger partial charge in [0.1, 0.15) is 5.76 Å². The van der Waals surface area contributed by atoms with Gasteiger partial charge in [0, 0.05) is 0 Å². The van der Waals surface area contributed by atoms with Gasteiger partial charge in [-0.15, -0.1) is 0 Å². The molecule has 0 bridgehead atoms. The molecule has 3 rings (SSSR count). The largest absolute Gasteiger partial charge is 0.467 e. The van der Waals surface area contributed by atoms with Crippen molar-refractivity contribution in [3.8, 4) is 11.5 Å². The maximum atomic E-state index is 11.6.